The first-order valence-corrected chi connectivity index (χ1v) is 22.4. The Bertz CT molecular complexity index is 3980. The van der Waals surface area contributed by atoms with Crippen LogP contribution in [0.25, 0.3) is 118 Å². The van der Waals surface area contributed by atoms with E-state index in [4.69, 9.17) is 0 Å². The minimum atomic E-state index is -0.319. The van der Waals surface area contributed by atoms with Crippen LogP contribution in [0.15, 0.2) is 170 Å². The van der Waals surface area contributed by atoms with Crippen LogP contribution in [-0.2, 0) is 0 Å². The molecule has 0 radical (unpaired) electrons. The van der Waals surface area contributed by atoms with Crippen molar-refractivity contribution in [3.05, 3.63) is 193 Å². The minimum Gasteiger partial charge on any atom is -0.309 e. The molecule has 0 unspecified atom stereocenters. The van der Waals surface area contributed by atoms with Crippen molar-refractivity contribution < 1.29 is 8.78 Å². The molecule has 294 valence electrons. The van der Waals surface area contributed by atoms with Gasteiger partial charge >= 0.3 is 0 Å². The molecule has 0 fully saturated rings. The van der Waals surface area contributed by atoms with Gasteiger partial charge in [0.2, 0.25) is 0 Å². The summed E-state index contributed by atoms with van der Waals surface area (Å²) in [5.74, 6) is -0.638. The van der Waals surface area contributed by atoms with Crippen LogP contribution in [0.3, 0.4) is 0 Å². The molecule has 0 aliphatic carbocycles. The van der Waals surface area contributed by atoms with E-state index in [1.165, 1.54) is 63.2 Å². The lowest BCUT2D eigenvalue weighted by molar-refractivity contribution is 0.628. The Morgan fingerprint density at radius 2 is 0.790 bits per heavy atom. The molecule has 62 heavy (non-hydrogen) atoms. The van der Waals surface area contributed by atoms with E-state index >= 15 is 8.78 Å². The van der Waals surface area contributed by atoms with Crippen molar-refractivity contribution in [3.8, 4) is 33.6 Å². The van der Waals surface area contributed by atoms with Crippen molar-refractivity contribution in [2.75, 3.05) is 0 Å². The average Bonchev–Trinajstić information content (AvgIpc) is 4.04. The third-order valence-corrected chi connectivity index (χ3v) is 15.4. The summed E-state index contributed by atoms with van der Waals surface area (Å²) in [6.07, 6.45) is 0. The Morgan fingerprint density at radius 3 is 1.26 bits per heavy atom. The number of hydrogen-bond acceptors (Lipinski definition) is 2. The van der Waals surface area contributed by atoms with Crippen LogP contribution in [0.5, 0.6) is 0 Å². The van der Waals surface area contributed by atoms with Crippen LogP contribution in [-0.4, -0.2) is 9.13 Å². The highest BCUT2D eigenvalue weighted by Gasteiger charge is 2.29. The first-order chi connectivity index (χ1) is 30.4. The fourth-order valence-electron chi connectivity index (χ4n) is 10.5. The van der Waals surface area contributed by atoms with Crippen molar-refractivity contribution in [1.29, 1.82) is 0 Å². The van der Waals surface area contributed by atoms with Gasteiger partial charge in [-0.3, -0.25) is 0 Å². The van der Waals surface area contributed by atoms with Gasteiger partial charge in [0.1, 0.15) is 11.6 Å². The monoisotopic (exact) mass is 836 g/mol. The fourth-order valence-corrected chi connectivity index (χ4v) is 13.0. The normalized spacial score (nSPS) is 12.2. The van der Waals surface area contributed by atoms with Gasteiger partial charge in [-0.25, -0.2) is 8.78 Å². The molecule has 2 nitrogen and oxygen atoms in total. The van der Waals surface area contributed by atoms with E-state index in [-0.39, 0.29) is 11.6 Å². The molecule has 4 heterocycles. The van der Waals surface area contributed by atoms with E-state index in [0.717, 1.165) is 77.6 Å². The number of thiophene rings is 2. The van der Waals surface area contributed by atoms with Gasteiger partial charge in [-0.05, 0) is 96.8 Å². The van der Waals surface area contributed by atoms with E-state index in [2.05, 4.69) is 144 Å². The van der Waals surface area contributed by atoms with Crippen molar-refractivity contribution in [3.63, 3.8) is 0 Å². The summed E-state index contributed by atoms with van der Waals surface area (Å²) >= 11 is 3.65. The Balaban J connectivity index is 1.25. The van der Waals surface area contributed by atoms with Gasteiger partial charge in [-0.2, -0.15) is 0 Å². The van der Waals surface area contributed by atoms with Crippen LogP contribution >= 0.6 is 22.7 Å². The molecule has 0 saturated carbocycles. The van der Waals surface area contributed by atoms with Gasteiger partial charge < -0.3 is 9.13 Å². The van der Waals surface area contributed by atoms with Gasteiger partial charge in [0.25, 0.3) is 0 Å². The zero-order valence-corrected chi connectivity index (χ0v) is 35.3. The minimum absolute atomic E-state index is 0.319. The second-order valence-electron chi connectivity index (χ2n) is 16.3. The van der Waals surface area contributed by atoms with Crippen LogP contribution in [0.2, 0.25) is 0 Å². The molecule has 13 aromatic rings. The van der Waals surface area contributed by atoms with Gasteiger partial charge in [-0.15, -0.1) is 22.7 Å². The summed E-state index contributed by atoms with van der Waals surface area (Å²) in [5.41, 5.74) is 11.4. The zero-order valence-electron chi connectivity index (χ0n) is 33.6. The lowest BCUT2D eigenvalue weighted by atomic mass is 9.86. The lowest BCUT2D eigenvalue weighted by Gasteiger charge is -2.27. The average molecular weight is 837 g/mol. The maximum absolute atomic E-state index is 15.8. The SMILES string of the molecule is Cc1c(-c2cccc(F)c2)c(-n2c3ccccc3c3c4sc5ccccc5c4ccc32)c(-c2cccc(F)c2)c(C)c1-n1c2ccccc2c2c3sc4ccccc4c3ccc21. The molecule has 0 spiro atoms. The Morgan fingerprint density at radius 1 is 0.371 bits per heavy atom. The zero-order chi connectivity index (χ0) is 41.4. The quantitative estimate of drug-likeness (QED) is 0.167. The molecule has 0 N–H and O–H groups in total. The highest BCUT2D eigenvalue weighted by Crippen LogP contribution is 2.51. The number of hydrogen-bond donors (Lipinski definition) is 0. The van der Waals surface area contributed by atoms with Gasteiger partial charge in [0.15, 0.2) is 0 Å². The summed E-state index contributed by atoms with van der Waals surface area (Å²) < 4.78 is 41.3. The number of benzene rings is 9. The number of para-hydroxylation sites is 2. The number of nitrogens with zero attached hydrogens (tertiary/aromatic N) is 2. The fraction of sp³-hybridized carbons (Fsp3) is 0.0357. The van der Waals surface area contributed by atoms with E-state index in [9.17, 15) is 0 Å². The lowest BCUT2D eigenvalue weighted by Crippen LogP contribution is -2.10. The summed E-state index contributed by atoms with van der Waals surface area (Å²) in [7, 11) is 0. The molecule has 0 amide bonds. The molecule has 6 heteroatoms. The summed E-state index contributed by atoms with van der Waals surface area (Å²) in [6, 6.07) is 57.4. The van der Waals surface area contributed by atoms with Crippen LogP contribution < -0.4 is 0 Å². The van der Waals surface area contributed by atoms with E-state index < -0.39 is 0 Å². The maximum Gasteiger partial charge on any atom is 0.123 e. The summed E-state index contributed by atoms with van der Waals surface area (Å²) in [6.45, 7) is 4.36. The molecule has 0 saturated heterocycles. The molecule has 0 atom stereocenters. The van der Waals surface area contributed by atoms with Crippen LogP contribution in [0.1, 0.15) is 11.1 Å². The molecule has 9 aromatic carbocycles. The van der Waals surface area contributed by atoms with E-state index in [1.54, 1.807) is 24.3 Å². The van der Waals surface area contributed by atoms with Crippen molar-refractivity contribution in [1.82, 2.24) is 9.13 Å². The predicted molar refractivity (Wildman–Crippen MR) is 261 cm³/mol. The number of rotatable bonds is 4. The summed E-state index contributed by atoms with van der Waals surface area (Å²) in [4.78, 5) is 0. The molecule has 0 aliphatic rings. The third kappa shape index (κ3) is 4.87. The number of fused-ring (bicyclic) bond motifs is 14. The Kier molecular flexibility index (Phi) is 7.58. The number of halogens is 2. The topological polar surface area (TPSA) is 9.86 Å². The highest BCUT2D eigenvalue weighted by atomic mass is 32.1. The highest BCUT2D eigenvalue weighted by molar-refractivity contribution is 7.27. The Labute approximate surface area is 362 Å². The standard InChI is InChI=1S/C56H34F2N2S2/c1-31-49(33-13-11-15-35(57)29-33)54(60-44-22-8-4-20-42(44)52-46(60)28-26-40-38-18-6-10-24-48(38)62-56(40)52)50(34-14-12-16-36(58)30-34)32(2)53(31)59-43-21-7-3-19-41(43)51-45(59)27-25-39-37-17-5-9-23-47(37)61-55(39)51/h3-30H,1-2H3. The van der Waals surface area contributed by atoms with Crippen molar-refractivity contribution in [2.45, 2.75) is 13.8 Å². The van der Waals surface area contributed by atoms with Gasteiger partial charge in [-0.1, -0.05) is 109 Å². The molecular formula is C56H34F2N2S2. The van der Waals surface area contributed by atoms with Crippen LogP contribution in [0, 0.1) is 25.5 Å². The molecular weight excluding hydrogens is 803 g/mol. The second-order valence-corrected chi connectivity index (χ2v) is 18.4. The first-order valence-electron chi connectivity index (χ1n) is 20.8. The van der Waals surface area contributed by atoms with Crippen molar-refractivity contribution >= 4 is 107 Å². The van der Waals surface area contributed by atoms with Crippen molar-refractivity contribution in [2.24, 2.45) is 0 Å². The van der Waals surface area contributed by atoms with E-state index in [0.29, 0.717) is 0 Å². The Hall–Kier alpha value is -7.12. The third-order valence-electron chi connectivity index (χ3n) is 13.0. The van der Waals surface area contributed by atoms with E-state index in [1.807, 2.05) is 34.8 Å². The smallest absolute Gasteiger partial charge is 0.123 e. The molecule has 0 aliphatic heterocycles. The molecule has 13 rings (SSSR count). The van der Waals surface area contributed by atoms with Gasteiger partial charge in [0.05, 0.1) is 33.4 Å². The molecule has 0 bridgehead atoms. The largest absolute Gasteiger partial charge is 0.309 e. The predicted octanol–water partition coefficient (Wildman–Crippen LogP) is 16.8. The molecule has 4 aromatic heterocycles. The number of aromatic nitrogens is 2. The summed E-state index contributed by atoms with van der Waals surface area (Å²) in [5, 5.41) is 9.62. The second kappa shape index (κ2) is 13.2. The van der Waals surface area contributed by atoms with Crippen LogP contribution in [0.4, 0.5) is 8.78 Å². The maximum atomic E-state index is 15.8. The first kappa shape index (κ1) is 35.6. The van der Waals surface area contributed by atoms with Gasteiger partial charge in [0, 0.05) is 73.0 Å².